The molecule has 0 radical (unpaired) electrons. The quantitative estimate of drug-likeness (QED) is 0.696. The molecule has 3 nitrogen and oxygen atoms in total. The zero-order valence-corrected chi connectivity index (χ0v) is 12.9. The van der Waals surface area contributed by atoms with E-state index in [-0.39, 0.29) is 0 Å². The summed E-state index contributed by atoms with van der Waals surface area (Å²) in [7, 11) is 0. The van der Waals surface area contributed by atoms with Gasteiger partial charge in [-0.15, -0.1) is 11.3 Å². The summed E-state index contributed by atoms with van der Waals surface area (Å²) in [5.41, 5.74) is 0. The van der Waals surface area contributed by atoms with E-state index < -0.39 is 0 Å². The van der Waals surface area contributed by atoms with Gasteiger partial charge in [0.1, 0.15) is 0 Å². The third-order valence-corrected chi connectivity index (χ3v) is 3.86. The molecule has 1 aromatic heterocycles. The number of thiazole rings is 1. The second-order valence-electron chi connectivity index (χ2n) is 4.65. The highest BCUT2D eigenvalue weighted by Gasteiger charge is 2.08. The third kappa shape index (κ3) is 5.83. The van der Waals surface area contributed by atoms with Crippen LogP contribution in [0, 0.1) is 0 Å². The maximum Gasteiger partial charge on any atom is 0.182 e. The van der Waals surface area contributed by atoms with E-state index in [4.69, 9.17) is 0 Å². The molecule has 4 heteroatoms. The number of anilines is 1. The van der Waals surface area contributed by atoms with E-state index >= 15 is 0 Å². The average molecular weight is 269 g/mol. The molecule has 1 aromatic rings. The first kappa shape index (κ1) is 15.4. The Hall–Kier alpha value is -0.610. The SMILES string of the molecule is CCCCN(CCCC)Cc1cnc(NCC)s1. The molecule has 1 heterocycles. The molecule has 0 saturated carbocycles. The third-order valence-electron chi connectivity index (χ3n) is 2.92. The van der Waals surface area contributed by atoms with Crippen molar-refractivity contribution in [1.82, 2.24) is 9.88 Å². The van der Waals surface area contributed by atoms with E-state index in [2.05, 4.69) is 36.0 Å². The van der Waals surface area contributed by atoms with Crippen LogP contribution in [0.5, 0.6) is 0 Å². The topological polar surface area (TPSA) is 28.2 Å². The van der Waals surface area contributed by atoms with Crippen LogP contribution in [0.1, 0.15) is 51.3 Å². The smallest absolute Gasteiger partial charge is 0.182 e. The van der Waals surface area contributed by atoms with Crippen molar-refractivity contribution in [3.63, 3.8) is 0 Å². The molecule has 0 aliphatic heterocycles. The maximum atomic E-state index is 4.40. The van der Waals surface area contributed by atoms with Crippen molar-refractivity contribution in [3.8, 4) is 0 Å². The van der Waals surface area contributed by atoms with Gasteiger partial charge in [-0.25, -0.2) is 4.98 Å². The lowest BCUT2D eigenvalue weighted by molar-refractivity contribution is 0.259. The van der Waals surface area contributed by atoms with Crippen molar-refractivity contribution in [2.45, 2.75) is 53.0 Å². The van der Waals surface area contributed by atoms with Gasteiger partial charge in [0.05, 0.1) is 0 Å². The summed E-state index contributed by atoms with van der Waals surface area (Å²) in [4.78, 5) is 8.34. The first-order valence-corrected chi connectivity index (χ1v) is 8.02. The summed E-state index contributed by atoms with van der Waals surface area (Å²) in [6, 6.07) is 0. The molecule has 0 aliphatic rings. The molecule has 0 aliphatic carbocycles. The summed E-state index contributed by atoms with van der Waals surface area (Å²) < 4.78 is 0. The first-order chi connectivity index (χ1) is 8.80. The van der Waals surface area contributed by atoms with Gasteiger partial charge >= 0.3 is 0 Å². The van der Waals surface area contributed by atoms with Crippen LogP contribution in [-0.4, -0.2) is 29.5 Å². The molecule has 0 saturated heterocycles. The molecule has 0 spiro atoms. The lowest BCUT2D eigenvalue weighted by Crippen LogP contribution is -2.25. The van der Waals surface area contributed by atoms with Crippen molar-refractivity contribution in [1.29, 1.82) is 0 Å². The monoisotopic (exact) mass is 269 g/mol. The molecule has 1 N–H and O–H groups in total. The lowest BCUT2D eigenvalue weighted by Gasteiger charge is -2.20. The fourth-order valence-corrected chi connectivity index (χ4v) is 2.79. The van der Waals surface area contributed by atoms with E-state index in [1.54, 1.807) is 11.3 Å². The van der Waals surface area contributed by atoms with Crippen LogP contribution in [0.2, 0.25) is 0 Å². The van der Waals surface area contributed by atoms with E-state index in [1.807, 2.05) is 6.20 Å². The van der Waals surface area contributed by atoms with Gasteiger partial charge in [0, 0.05) is 24.2 Å². The molecule has 1 rings (SSSR count). The first-order valence-electron chi connectivity index (χ1n) is 7.21. The van der Waals surface area contributed by atoms with Gasteiger partial charge in [-0.1, -0.05) is 26.7 Å². The molecule has 0 atom stereocenters. The maximum absolute atomic E-state index is 4.40. The van der Waals surface area contributed by atoms with Gasteiger partial charge in [0.15, 0.2) is 5.13 Å². The Morgan fingerprint density at radius 2 is 1.83 bits per heavy atom. The number of hydrogen-bond donors (Lipinski definition) is 1. The second-order valence-corrected chi connectivity index (χ2v) is 5.76. The molecular weight excluding hydrogens is 242 g/mol. The number of unbranched alkanes of at least 4 members (excludes halogenated alkanes) is 2. The number of nitrogens with zero attached hydrogens (tertiary/aromatic N) is 2. The van der Waals surface area contributed by atoms with Gasteiger partial charge < -0.3 is 5.32 Å². The molecule has 0 fully saturated rings. The van der Waals surface area contributed by atoms with Gasteiger partial charge in [0.25, 0.3) is 0 Å². The summed E-state index contributed by atoms with van der Waals surface area (Å²) in [5.74, 6) is 0. The Morgan fingerprint density at radius 1 is 1.17 bits per heavy atom. The van der Waals surface area contributed by atoms with Crippen LogP contribution >= 0.6 is 11.3 Å². The van der Waals surface area contributed by atoms with Crippen LogP contribution in [0.4, 0.5) is 5.13 Å². The zero-order chi connectivity index (χ0) is 13.2. The van der Waals surface area contributed by atoms with Crippen LogP contribution in [0.25, 0.3) is 0 Å². The van der Waals surface area contributed by atoms with E-state index in [1.165, 1.54) is 43.6 Å². The predicted molar refractivity (Wildman–Crippen MR) is 81.4 cm³/mol. The van der Waals surface area contributed by atoms with Crippen molar-refractivity contribution in [3.05, 3.63) is 11.1 Å². The summed E-state index contributed by atoms with van der Waals surface area (Å²) in [6.07, 6.45) is 7.15. The number of hydrogen-bond acceptors (Lipinski definition) is 4. The Bertz CT molecular complexity index is 304. The predicted octanol–water partition coefficient (Wildman–Crippen LogP) is 3.98. The Balaban J connectivity index is 2.46. The number of rotatable bonds is 10. The van der Waals surface area contributed by atoms with Crippen molar-refractivity contribution < 1.29 is 0 Å². The minimum Gasteiger partial charge on any atom is -0.362 e. The Labute approximate surface area is 116 Å². The van der Waals surface area contributed by atoms with Crippen LogP contribution < -0.4 is 5.32 Å². The fourth-order valence-electron chi connectivity index (χ4n) is 1.87. The van der Waals surface area contributed by atoms with Gasteiger partial charge in [-0.2, -0.15) is 0 Å². The summed E-state index contributed by atoms with van der Waals surface area (Å²) in [6.45, 7) is 11.1. The molecule has 0 bridgehead atoms. The molecule has 104 valence electrons. The zero-order valence-electron chi connectivity index (χ0n) is 12.0. The van der Waals surface area contributed by atoms with Crippen LogP contribution in [0.3, 0.4) is 0 Å². The second kappa shape index (κ2) is 9.34. The number of aromatic nitrogens is 1. The molecule has 18 heavy (non-hydrogen) atoms. The highest BCUT2D eigenvalue weighted by atomic mass is 32.1. The highest BCUT2D eigenvalue weighted by molar-refractivity contribution is 7.15. The normalized spacial score (nSPS) is 11.1. The fraction of sp³-hybridized carbons (Fsp3) is 0.786. The standard InChI is InChI=1S/C14H27N3S/c1-4-7-9-17(10-8-5-2)12-13-11-16-14(18-13)15-6-3/h11H,4-10,12H2,1-3H3,(H,15,16). The van der Waals surface area contributed by atoms with Crippen molar-refractivity contribution in [2.75, 3.05) is 25.0 Å². The highest BCUT2D eigenvalue weighted by Crippen LogP contribution is 2.19. The minimum atomic E-state index is 0.947. The molecule has 0 aromatic carbocycles. The summed E-state index contributed by atoms with van der Waals surface area (Å²) >= 11 is 1.79. The average Bonchev–Trinajstić information content (AvgIpc) is 2.80. The van der Waals surface area contributed by atoms with Crippen LogP contribution in [-0.2, 0) is 6.54 Å². The lowest BCUT2D eigenvalue weighted by atomic mass is 10.2. The van der Waals surface area contributed by atoms with Crippen molar-refractivity contribution in [2.24, 2.45) is 0 Å². The Kier molecular flexibility index (Phi) is 8.01. The Morgan fingerprint density at radius 3 is 2.39 bits per heavy atom. The van der Waals surface area contributed by atoms with Gasteiger partial charge in [-0.05, 0) is 32.9 Å². The van der Waals surface area contributed by atoms with Gasteiger partial charge in [0.2, 0.25) is 0 Å². The van der Waals surface area contributed by atoms with Gasteiger partial charge in [-0.3, -0.25) is 4.90 Å². The molecular formula is C14H27N3S. The number of nitrogens with one attached hydrogen (secondary N) is 1. The molecule has 0 unspecified atom stereocenters. The largest absolute Gasteiger partial charge is 0.362 e. The summed E-state index contributed by atoms with van der Waals surface area (Å²) in [5, 5.41) is 4.33. The van der Waals surface area contributed by atoms with E-state index in [0.29, 0.717) is 0 Å². The molecule has 0 amide bonds. The van der Waals surface area contributed by atoms with Crippen LogP contribution in [0.15, 0.2) is 6.20 Å². The van der Waals surface area contributed by atoms with Crippen molar-refractivity contribution >= 4 is 16.5 Å². The van der Waals surface area contributed by atoms with E-state index in [9.17, 15) is 0 Å². The van der Waals surface area contributed by atoms with E-state index in [0.717, 1.165) is 18.2 Å². The minimum absolute atomic E-state index is 0.947.